The minimum Gasteiger partial charge on any atom is -0.457 e. The minimum atomic E-state index is -1.80. The summed E-state index contributed by atoms with van der Waals surface area (Å²) in [4.78, 5) is 0. The Morgan fingerprint density at radius 3 is 1.68 bits per heavy atom. The number of aliphatic hydroxyl groups is 2. The summed E-state index contributed by atoms with van der Waals surface area (Å²) in [5, 5.41) is 21.7. The van der Waals surface area contributed by atoms with Crippen LogP contribution in [0.5, 0.6) is 11.5 Å². The topological polar surface area (TPSA) is 58.9 Å². The number of hydrogen-bond acceptors (Lipinski definition) is 4. The Balaban J connectivity index is 2.10. The lowest BCUT2D eigenvalue weighted by atomic mass is 9.98. The number of ether oxygens (including phenoxy) is 2. The van der Waals surface area contributed by atoms with E-state index in [0.29, 0.717) is 17.9 Å². The van der Waals surface area contributed by atoms with E-state index in [4.69, 9.17) is 9.47 Å². The van der Waals surface area contributed by atoms with E-state index in [2.05, 4.69) is 39.0 Å². The molecule has 0 fully saturated rings. The third-order valence-electron chi connectivity index (χ3n) is 7.81. The molecule has 0 aromatic heterocycles. The van der Waals surface area contributed by atoms with Crippen LogP contribution in [0, 0.1) is 0 Å². The number of unbranched alkanes of at least 4 members (excludes halogenated alkanes) is 13. The standard InChI is InChI=1S/C36H58O4/c1-4-7-10-13-15-17-20-31-22-25-33(26-23-31)40-35-27-24-32(21-18-16-14-11-8-5-2)29-34(35)36(38,30-37)39-28-19-12-9-6-3/h22-27,29,37-38H,4-21,28,30H2,1-3H3. The first-order valence-corrected chi connectivity index (χ1v) is 16.4. The maximum absolute atomic E-state index is 11.5. The molecule has 0 saturated carbocycles. The highest BCUT2D eigenvalue weighted by molar-refractivity contribution is 5.43. The summed E-state index contributed by atoms with van der Waals surface area (Å²) in [6.07, 6.45) is 21.4. The van der Waals surface area contributed by atoms with Crippen LogP contribution < -0.4 is 4.74 Å². The van der Waals surface area contributed by atoms with Gasteiger partial charge in [0.25, 0.3) is 0 Å². The van der Waals surface area contributed by atoms with E-state index in [1.807, 2.05) is 24.3 Å². The van der Waals surface area contributed by atoms with E-state index in [1.165, 1.54) is 76.2 Å². The summed E-state index contributed by atoms with van der Waals surface area (Å²) in [5.74, 6) is -0.545. The molecule has 40 heavy (non-hydrogen) atoms. The summed E-state index contributed by atoms with van der Waals surface area (Å²) in [7, 11) is 0. The number of aliphatic hydroxyl groups excluding tert-OH is 1. The summed E-state index contributed by atoms with van der Waals surface area (Å²) in [6, 6.07) is 14.3. The van der Waals surface area contributed by atoms with Crippen LogP contribution in [0.25, 0.3) is 0 Å². The highest BCUT2D eigenvalue weighted by atomic mass is 16.6. The van der Waals surface area contributed by atoms with E-state index in [-0.39, 0.29) is 0 Å². The van der Waals surface area contributed by atoms with Crippen LogP contribution >= 0.6 is 0 Å². The molecule has 2 aromatic carbocycles. The molecule has 226 valence electrons. The molecule has 0 saturated heterocycles. The van der Waals surface area contributed by atoms with Gasteiger partial charge in [0.05, 0.1) is 12.2 Å². The third-order valence-corrected chi connectivity index (χ3v) is 7.81. The van der Waals surface area contributed by atoms with Gasteiger partial charge in [-0.15, -0.1) is 0 Å². The Morgan fingerprint density at radius 1 is 0.600 bits per heavy atom. The number of benzene rings is 2. The van der Waals surface area contributed by atoms with Crippen molar-refractivity contribution in [1.29, 1.82) is 0 Å². The predicted octanol–water partition coefficient (Wildman–Crippen LogP) is 10.0. The number of hydrogen-bond donors (Lipinski definition) is 2. The predicted molar refractivity (Wildman–Crippen MR) is 168 cm³/mol. The van der Waals surface area contributed by atoms with Crippen molar-refractivity contribution in [2.45, 2.75) is 142 Å². The van der Waals surface area contributed by atoms with Gasteiger partial charge in [-0.05, 0) is 67.5 Å². The Labute approximate surface area is 245 Å². The SMILES string of the molecule is CCCCCCCCc1ccc(Oc2ccc(CCCCCCCC)cc2C(O)(CO)OCCCCCC)cc1. The van der Waals surface area contributed by atoms with Gasteiger partial charge in [-0.1, -0.05) is 122 Å². The zero-order valence-corrected chi connectivity index (χ0v) is 25.9. The van der Waals surface area contributed by atoms with Crippen LogP contribution in [-0.4, -0.2) is 23.4 Å². The second-order valence-corrected chi connectivity index (χ2v) is 11.5. The first kappa shape index (κ1) is 34.3. The largest absolute Gasteiger partial charge is 0.457 e. The smallest absolute Gasteiger partial charge is 0.220 e. The molecule has 0 spiro atoms. The first-order valence-electron chi connectivity index (χ1n) is 16.4. The van der Waals surface area contributed by atoms with Crippen molar-refractivity contribution in [1.82, 2.24) is 0 Å². The lowest BCUT2D eigenvalue weighted by Crippen LogP contribution is -2.34. The van der Waals surface area contributed by atoms with Gasteiger partial charge in [-0.3, -0.25) is 0 Å². The summed E-state index contributed by atoms with van der Waals surface area (Å²) in [6.45, 7) is 6.54. The highest BCUT2D eigenvalue weighted by Gasteiger charge is 2.33. The Hall–Kier alpha value is -1.88. The maximum atomic E-state index is 11.5. The summed E-state index contributed by atoms with van der Waals surface area (Å²) < 4.78 is 12.2. The van der Waals surface area contributed by atoms with Crippen molar-refractivity contribution in [3.05, 3.63) is 59.2 Å². The highest BCUT2D eigenvalue weighted by Crippen LogP contribution is 2.36. The molecule has 1 unspecified atom stereocenters. The molecule has 0 heterocycles. The monoisotopic (exact) mass is 554 g/mol. The van der Waals surface area contributed by atoms with Gasteiger partial charge in [0.1, 0.15) is 18.1 Å². The van der Waals surface area contributed by atoms with Crippen LogP contribution in [0.4, 0.5) is 0 Å². The van der Waals surface area contributed by atoms with Crippen LogP contribution in [0.1, 0.15) is 140 Å². The fourth-order valence-electron chi connectivity index (χ4n) is 5.18. The molecule has 0 aliphatic heterocycles. The zero-order chi connectivity index (χ0) is 28.9. The molecule has 0 radical (unpaired) electrons. The van der Waals surface area contributed by atoms with Gasteiger partial charge in [-0.2, -0.15) is 0 Å². The molecule has 1 atom stereocenters. The second kappa shape index (κ2) is 20.9. The van der Waals surface area contributed by atoms with Gasteiger partial charge in [0.2, 0.25) is 5.79 Å². The van der Waals surface area contributed by atoms with Gasteiger partial charge in [0, 0.05) is 0 Å². The molecule has 0 aliphatic carbocycles. The lowest BCUT2D eigenvalue weighted by Gasteiger charge is -2.29. The molecule has 2 rings (SSSR count). The average molecular weight is 555 g/mol. The van der Waals surface area contributed by atoms with Crippen LogP contribution in [0.3, 0.4) is 0 Å². The molecular formula is C36H58O4. The first-order chi connectivity index (χ1) is 19.6. The summed E-state index contributed by atoms with van der Waals surface area (Å²) >= 11 is 0. The molecule has 0 bridgehead atoms. The van der Waals surface area contributed by atoms with E-state index in [9.17, 15) is 10.2 Å². The molecule has 2 N–H and O–H groups in total. The number of aryl methyl sites for hydroxylation is 2. The molecule has 4 heteroatoms. The Kier molecular flexibility index (Phi) is 17.9. The van der Waals surface area contributed by atoms with Gasteiger partial charge < -0.3 is 19.7 Å². The van der Waals surface area contributed by atoms with E-state index in [0.717, 1.165) is 56.3 Å². The fraction of sp³-hybridized carbons (Fsp3) is 0.667. The van der Waals surface area contributed by atoms with Crippen molar-refractivity contribution >= 4 is 0 Å². The van der Waals surface area contributed by atoms with Gasteiger partial charge in [0.15, 0.2) is 0 Å². The Morgan fingerprint density at radius 2 is 1.10 bits per heavy atom. The maximum Gasteiger partial charge on any atom is 0.220 e. The normalized spacial score (nSPS) is 12.9. The minimum absolute atomic E-state index is 0.394. The third kappa shape index (κ3) is 13.2. The quantitative estimate of drug-likeness (QED) is 0.100. The van der Waals surface area contributed by atoms with Crippen LogP contribution in [-0.2, 0) is 23.4 Å². The number of rotatable bonds is 24. The molecule has 0 aliphatic rings. The fourth-order valence-corrected chi connectivity index (χ4v) is 5.18. The van der Waals surface area contributed by atoms with E-state index >= 15 is 0 Å². The summed E-state index contributed by atoms with van der Waals surface area (Å²) in [5.41, 5.74) is 2.96. The van der Waals surface area contributed by atoms with Crippen molar-refractivity contribution in [2.24, 2.45) is 0 Å². The van der Waals surface area contributed by atoms with Crippen molar-refractivity contribution in [2.75, 3.05) is 13.2 Å². The van der Waals surface area contributed by atoms with Crippen molar-refractivity contribution in [3.63, 3.8) is 0 Å². The lowest BCUT2D eigenvalue weighted by molar-refractivity contribution is -0.234. The van der Waals surface area contributed by atoms with Crippen LogP contribution in [0.2, 0.25) is 0 Å². The zero-order valence-electron chi connectivity index (χ0n) is 25.9. The van der Waals surface area contributed by atoms with E-state index in [1.54, 1.807) is 0 Å². The van der Waals surface area contributed by atoms with Crippen molar-refractivity contribution < 1.29 is 19.7 Å². The molecule has 4 nitrogen and oxygen atoms in total. The van der Waals surface area contributed by atoms with Gasteiger partial charge >= 0.3 is 0 Å². The second-order valence-electron chi connectivity index (χ2n) is 11.5. The molecule has 2 aromatic rings. The van der Waals surface area contributed by atoms with Gasteiger partial charge in [-0.25, -0.2) is 0 Å². The van der Waals surface area contributed by atoms with Crippen LogP contribution in [0.15, 0.2) is 42.5 Å². The van der Waals surface area contributed by atoms with E-state index < -0.39 is 12.4 Å². The average Bonchev–Trinajstić information content (AvgIpc) is 2.98. The van der Waals surface area contributed by atoms with Crippen molar-refractivity contribution in [3.8, 4) is 11.5 Å². The Bertz CT molecular complexity index is 894. The molecular weight excluding hydrogens is 496 g/mol. The molecule has 0 amide bonds.